The van der Waals surface area contributed by atoms with Crippen LogP contribution in [0.4, 0.5) is 0 Å². The van der Waals surface area contributed by atoms with E-state index in [-0.39, 0.29) is 17.9 Å². The number of amides is 2. The first-order valence-corrected chi connectivity index (χ1v) is 7.91. The molecule has 0 spiro atoms. The number of likely N-dealkylation sites (tertiary alicyclic amines) is 1. The molecule has 3 heterocycles. The number of hydrogen-bond donors (Lipinski definition) is 1. The molecule has 24 heavy (non-hydrogen) atoms. The van der Waals surface area contributed by atoms with Gasteiger partial charge in [0.1, 0.15) is 6.33 Å². The number of carbonyl (C=O) groups excluding carboxylic acids is 2. The van der Waals surface area contributed by atoms with Crippen molar-refractivity contribution in [3.8, 4) is 11.3 Å². The molecular weight excluding hydrogens is 306 g/mol. The van der Waals surface area contributed by atoms with Gasteiger partial charge in [-0.3, -0.25) is 14.6 Å². The van der Waals surface area contributed by atoms with Crippen LogP contribution in [-0.2, 0) is 4.79 Å². The fourth-order valence-corrected chi connectivity index (χ4v) is 2.82. The van der Waals surface area contributed by atoms with Crippen LogP contribution in [0.2, 0.25) is 0 Å². The highest BCUT2D eigenvalue weighted by Gasteiger charge is 2.24. The average molecular weight is 325 g/mol. The van der Waals surface area contributed by atoms with E-state index >= 15 is 0 Å². The maximum atomic E-state index is 12.6. The lowest BCUT2D eigenvalue weighted by Gasteiger charge is -2.32. The van der Waals surface area contributed by atoms with Crippen molar-refractivity contribution in [2.45, 2.75) is 25.8 Å². The predicted molar refractivity (Wildman–Crippen MR) is 88.0 cm³/mol. The molecule has 1 N–H and O–H groups in total. The summed E-state index contributed by atoms with van der Waals surface area (Å²) in [6.45, 7) is 2.79. The van der Waals surface area contributed by atoms with Crippen LogP contribution < -0.4 is 5.32 Å². The highest BCUT2D eigenvalue weighted by atomic mass is 16.2. The van der Waals surface area contributed by atoms with Crippen molar-refractivity contribution in [3.63, 3.8) is 0 Å². The maximum absolute atomic E-state index is 12.6. The number of carbonyl (C=O) groups is 2. The second-order valence-corrected chi connectivity index (χ2v) is 5.83. The van der Waals surface area contributed by atoms with Gasteiger partial charge < -0.3 is 10.2 Å². The smallest absolute Gasteiger partial charge is 0.255 e. The van der Waals surface area contributed by atoms with E-state index in [0.29, 0.717) is 18.7 Å². The normalized spacial score (nSPS) is 15.1. The summed E-state index contributed by atoms with van der Waals surface area (Å²) in [5.74, 6) is -0.0518. The Kier molecular flexibility index (Phi) is 4.79. The van der Waals surface area contributed by atoms with E-state index < -0.39 is 0 Å². The molecule has 0 aliphatic carbocycles. The van der Waals surface area contributed by atoms with E-state index in [2.05, 4.69) is 20.3 Å². The predicted octanol–water partition coefficient (Wildman–Crippen LogP) is 1.28. The number of rotatable bonds is 3. The quantitative estimate of drug-likeness (QED) is 0.918. The summed E-state index contributed by atoms with van der Waals surface area (Å²) in [6, 6.07) is 3.73. The number of nitrogens with zero attached hydrogens (tertiary/aromatic N) is 4. The van der Waals surface area contributed by atoms with Gasteiger partial charge in [0, 0.05) is 50.2 Å². The Balaban J connectivity index is 1.63. The van der Waals surface area contributed by atoms with Crippen LogP contribution in [0.3, 0.4) is 0 Å². The zero-order valence-corrected chi connectivity index (χ0v) is 13.5. The van der Waals surface area contributed by atoms with E-state index in [4.69, 9.17) is 0 Å². The fourth-order valence-electron chi connectivity index (χ4n) is 2.82. The number of hydrogen-bond acceptors (Lipinski definition) is 5. The molecule has 0 unspecified atom stereocenters. The van der Waals surface area contributed by atoms with Gasteiger partial charge in [0.25, 0.3) is 5.91 Å². The van der Waals surface area contributed by atoms with Crippen LogP contribution in [0.15, 0.2) is 37.1 Å². The largest absolute Gasteiger partial charge is 0.353 e. The summed E-state index contributed by atoms with van der Waals surface area (Å²) < 4.78 is 0. The molecule has 7 nitrogen and oxygen atoms in total. The third-order valence-corrected chi connectivity index (χ3v) is 4.06. The molecule has 0 atom stereocenters. The van der Waals surface area contributed by atoms with Gasteiger partial charge in [0.2, 0.25) is 5.91 Å². The molecule has 0 aromatic carbocycles. The Morgan fingerprint density at radius 2 is 1.83 bits per heavy atom. The Hall–Kier alpha value is -2.83. The van der Waals surface area contributed by atoms with Crippen LogP contribution in [0.5, 0.6) is 0 Å². The summed E-state index contributed by atoms with van der Waals surface area (Å²) in [6.07, 6.45) is 7.97. The van der Waals surface area contributed by atoms with Crippen LogP contribution in [0.25, 0.3) is 11.3 Å². The lowest BCUT2D eigenvalue weighted by atomic mass is 10.0. The minimum absolute atomic E-state index is 0.0237. The number of piperidine rings is 1. The van der Waals surface area contributed by atoms with Gasteiger partial charge in [-0.05, 0) is 25.0 Å². The van der Waals surface area contributed by atoms with Gasteiger partial charge in [0.05, 0.1) is 11.3 Å². The second kappa shape index (κ2) is 7.16. The third-order valence-electron chi connectivity index (χ3n) is 4.06. The van der Waals surface area contributed by atoms with E-state index in [1.54, 1.807) is 35.6 Å². The Morgan fingerprint density at radius 3 is 2.42 bits per heavy atom. The highest BCUT2D eigenvalue weighted by molar-refractivity contribution is 5.94. The molecule has 2 amide bonds. The van der Waals surface area contributed by atoms with Gasteiger partial charge in [-0.15, -0.1) is 0 Å². The van der Waals surface area contributed by atoms with Gasteiger partial charge in [-0.2, -0.15) is 0 Å². The van der Waals surface area contributed by atoms with Gasteiger partial charge >= 0.3 is 0 Å². The van der Waals surface area contributed by atoms with E-state index in [1.807, 2.05) is 0 Å². The Morgan fingerprint density at radius 1 is 1.12 bits per heavy atom. The molecular formula is C17H19N5O2. The van der Waals surface area contributed by atoms with Crippen molar-refractivity contribution in [2.24, 2.45) is 0 Å². The summed E-state index contributed by atoms with van der Waals surface area (Å²) in [4.78, 5) is 37.7. The summed E-state index contributed by atoms with van der Waals surface area (Å²) in [7, 11) is 0. The van der Waals surface area contributed by atoms with Gasteiger partial charge in [0.15, 0.2) is 0 Å². The van der Waals surface area contributed by atoms with Crippen molar-refractivity contribution in [2.75, 3.05) is 13.1 Å². The SMILES string of the molecule is CC(=O)NC1CCN(C(=O)c2ccc(-c3cncnc3)nc2)CC1. The Bertz CT molecular complexity index is 710. The molecule has 0 bridgehead atoms. The zero-order chi connectivity index (χ0) is 16.9. The maximum Gasteiger partial charge on any atom is 0.255 e. The van der Waals surface area contributed by atoms with Crippen molar-refractivity contribution >= 4 is 11.8 Å². The molecule has 1 saturated heterocycles. The van der Waals surface area contributed by atoms with Crippen LogP contribution in [0, 0.1) is 0 Å². The molecule has 0 radical (unpaired) electrons. The van der Waals surface area contributed by atoms with Gasteiger partial charge in [-0.25, -0.2) is 9.97 Å². The molecule has 3 rings (SSSR count). The summed E-state index contributed by atoms with van der Waals surface area (Å²) in [5.41, 5.74) is 2.11. The number of nitrogens with one attached hydrogen (secondary N) is 1. The molecule has 1 fully saturated rings. The fraction of sp³-hybridized carbons (Fsp3) is 0.353. The standard InChI is InChI=1S/C17H19N5O2/c1-12(23)21-15-4-6-22(7-5-15)17(24)13-2-3-16(20-10-13)14-8-18-11-19-9-14/h2-3,8-11,15H,4-7H2,1H3,(H,21,23). The van der Waals surface area contributed by atoms with Crippen LogP contribution >= 0.6 is 0 Å². The first-order chi connectivity index (χ1) is 11.6. The third kappa shape index (κ3) is 3.73. The van der Waals surface area contributed by atoms with Crippen LogP contribution in [-0.4, -0.2) is 50.8 Å². The first kappa shape index (κ1) is 16.0. The topological polar surface area (TPSA) is 88.1 Å². The molecule has 2 aromatic heterocycles. The van der Waals surface area contributed by atoms with Crippen molar-refractivity contribution < 1.29 is 9.59 Å². The number of aromatic nitrogens is 3. The van der Waals surface area contributed by atoms with Crippen molar-refractivity contribution in [1.82, 2.24) is 25.2 Å². The van der Waals surface area contributed by atoms with E-state index in [9.17, 15) is 9.59 Å². The van der Waals surface area contributed by atoms with Gasteiger partial charge in [-0.1, -0.05) is 0 Å². The molecule has 7 heteroatoms. The Labute approximate surface area is 140 Å². The lowest BCUT2D eigenvalue weighted by molar-refractivity contribution is -0.119. The first-order valence-electron chi connectivity index (χ1n) is 7.91. The minimum atomic E-state index is -0.0281. The average Bonchev–Trinajstić information content (AvgIpc) is 2.62. The second-order valence-electron chi connectivity index (χ2n) is 5.83. The van der Waals surface area contributed by atoms with Crippen molar-refractivity contribution in [3.05, 3.63) is 42.6 Å². The molecule has 124 valence electrons. The molecule has 1 aliphatic heterocycles. The van der Waals surface area contributed by atoms with E-state index in [0.717, 1.165) is 24.1 Å². The van der Waals surface area contributed by atoms with Crippen molar-refractivity contribution in [1.29, 1.82) is 0 Å². The minimum Gasteiger partial charge on any atom is -0.353 e. The molecule has 0 saturated carbocycles. The highest BCUT2D eigenvalue weighted by Crippen LogP contribution is 2.17. The number of pyridine rings is 1. The molecule has 1 aliphatic rings. The summed E-state index contributed by atoms with van der Waals surface area (Å²) in [5, 5.41) is 2.91. The molecule has 2 aromatic rings. The summed E-state index contributed by atoms with van der Waals surface area (Å²) >= 11 is 0. The van der Waals surface area contributed by atoms with Crippen LogP contribution in [0.1, 0.15) is 30.1 Å². The lowest BCUT2D eigenvalue weighted by Crippen LogP contribution is -2.46. The zero-order valence-electron chi connectivity index (χ0n) is 13.5. The monoisotopic (exact) mass is 325 g/mol. The van der Waals surface area contributed by atoms with E-state index in [1.165, 1.54) is 13.3 Å².